The van der Waals surface area contributed by atoms with Crippen LogP contribution >= 0.6 is 0 Å². The van der Waals surface area contributed by atoms with Crippen molar-refractivity contribution in [3.05, 3.63) is 53.5 Å². The average molecular weight is 312 g/mol. The molecule has 0 fully saturated rings. The number of carbonyl (C=O) groups excluding carboxylic acids is 1. The topological polar surface area (TPSA) is 54.3 Å². The fourth-order valence-electron chi connectivity index (χ4n) is 3.20. The van der Waals surface area contributed by atoms with Crippen molar-refractivity contribution in [3.8, 4) is 0 Å². The van der Waals surface area contributed by atoms with E-state index in [1.165, 1.54) is 0 Å². The zero-order valence-electron chi connectivity index (χ0n) is 14.0. The van der Waals surface area contributed by atoms with Crippen LogP contribution in [0, 0.1) is 0 Å². The van der Waals surface area contributed by atoms with Gasteiger partial charge in [-0.15, -0.1) is 0 Å². The third kappa shape index (κ3) is 3.41. The van der Waals surface area contributed by atoms with Crippen molar-refractivity contribution in [2.45, 2.75) is 51.5 Å². The van der Waals surface area contributed by atoms with Crippen LogP contribution in [0.2, 0.25) is 0 Å². The Bertz CT molecular complexity index is 697. The molecule has 1 aromatic carbocycles. The number of hydrogen-bond acceptors (Lipinski definition) is 2. The van der Waals surface area contributed by atoms with Gasteiger partial charge in [0.1, 0.15) is 5.76 Å². The molecule has 1 aliphatic carbocycles. The van der Waals surface area contributed by atoms with Crippen LogP contribution in [0.1, 0.15) is 56.5 Å². The van der Waals surface area contributed by atoms with E-state index in [2.05, 4.69) is 37.5 Å². The van der Waals surface area contributed by atoms with Crippen LogP contribution in [0.3, 0.4) is 0 Å². The van der Waals surface area contributed by atoms with E-state index in [-0.39, 0.29) is 17.5 Å². The Morgan fingerprint density at radius 3 is 2.78 bits per heavy atom. The third-order valence-electron chi connectivity index (χ3n) is 4.34. The van der Waals surface area contributed by atoms with Gasteiger partial charge in [0.05, 0.1) is 12.3 Å². The monoisotopic (exact) mass is 312 g/mol. The van der Waals surface area contributed by atoms with Crippen molar-refractivity contribution in [1.82, 2.24) is 5.32 Å². The number of para-hydroxylation sites is 1. The van der Waals surface area contributed by atoms with Gasteiger partial charge in [0.15, 0.2) is 0 Å². The third-order valence-corrected chi connectivity index (χ3v) is 4.34. The number of hydrogen-bond donors (Lipinski definition) is 2. The van der Waals surface area contributed by atoms with Gasteiger partial charge in [0.2, 0.25) is 0 Å². The molecule has 4 heteroatoms. The van der Waals surface area contributed by atoms with Crippen LogP contribution in [0.15, 0.2) is 41.0 Å². The number of amides is 2. The quantitative estimate of drug-likeness (QED) is 0.838. The number of rotatable bonds is 2. The van der Waals surface area contributed by atoms with Crippen molar-refractivity contribution in [3.63, 3.8) is 0 Å². The lowest BCUT2D eigenvalue weighted by Crippen LogP contribution is -2.34. The molecule has 0 saturated carbocycles. The highest BCUT2D eigenvalue weighted by Crippen LogP contribution is 2.31. The maximum absolute atomic E-state index is 12.4. The molecule has 3 rings (SSSR count). The smallest absolute Gasteiger partial charge is 0.319 e. The van der Waals surface area contributed by atoms with Gasteiger partial charge >= 0.3 is 6.03 Å². The van der Waals surface area contributed by atoms with Gasteiger partial charge in [0.25, 0.3) is 0 Å². The normalized spacial score (nSPS) is 17.4. The number of nitrogens with one attached hydrogen (secondary N) is 2. The van der Waals surface area contributed by atoms with E-state index in [0.717, 1.165) is 41.8 Å². The second-order valence-corrected chi connectivity index (χ2v) is 7.14. The molecule has 0 radical (unpaired) electrons. The van der Waals surface area contributed by atoms with Crippen molar-refractivity contribution in [2.24, 2.45) is 0 Å². The summed E-state index contributed by atoms with van der Waals surface area (Å²) in [4.78, 5) is 12.4. The molecule has 23 heavy (non-hydrogen) atoms. The minimum Gasteiger partial charge on any atom is -0.469 e. The lowest BCUT2D eigenvalue weighted by molar-refractivity contribution is 0.246. The first-order chi connectivity index (χ1) is 10.9. The highest BCUT2D eigenvalue weighted by molar-refractivity contribution is 5.90. The highest BCUT2D eigenvalue weighted by atomic mass is 16.3. The molecular weight excluding hydrogens is 288 g/mol. The Balaban J connectivity index is 1.72. The first-order valence-corrected chi connectivity index (χ1v) is 8.18. The van der Waals surface area contributed by atoms with Gasteiger partial charge in [-0.3, -0.25) is 0 Å². The van der Waals surface area contributed by atoms with Gasteiger partial charge in [-0.25, -0.2) is 4.79 Å². The van der Waals surface area contributed by atoms with Gasteiger partial charge in [0, 0.05) is 17.7 Å². The summed E-state index contributed by atoms with van der Waals surface area (Å²) >= 11 is 0. The first-order valence-electron chi connectivity index (χ1n) is 8.18. The summed E-state index contributed by atoms with van der Waals surface area (Å²) in [6.07, 6.45) is 4.64. The number of aryl methyl sites for hydroxylation is 1. The molecule has 2 amide bonds. The lowest BCUT2D eigenvalue weighted by atomic mass is 9.86. The molecule has 1 aromatic heterocycles. The summed E-state index contributed by atoms with van der Waals surface area (Å²) in [6.45, 7) is 6.43. The highest BCUT2D eigenvalue weighted by Gasteiger charge is 2.25. The van der Waals surface area contributed by atoms with Crippen molar-refractivity contribution in [2.75, 3.05) is 5.32 Å². The van der Waals surface area contributed by atoms with E-state index in [9.17, 15) is 4.79 Å². The molecule has 1 heterocycles. The van der Waals surface area contributed by atoms with Gasteiger partial charge in [-0.05, 0) is 36.0 Å². The fourth-order valence-corrected chi connectivity index (χ4v) is 3.20. The number of urea groups is 1. The molecule has 2 N–H and O–H groups in total. The number of anilines is 1. The minimum atomic E-state index is -0.166. The molecule has 1 atom stereocenters. The van der Waals surface area contributed by atoms with E-state index < -0.39 is 0 Å². The van der Waals surface area contributed by atoms with E-state index in [4.69, 9.17) is 4.42 Å². The molecule has 2 aromatic rings. The molecule has 0 bridgehead atoms. The van der Waals surface area contributed by atoms with Crippen LogP contribution in [-0.4, -0.2) is 6.03 Å². The Kier molecular flexibility index (Phi) is 4.16. The predicted octanol–water partition coefficient (Wildman–Crippen LogP) is 4.78. The maximum atomic E-state index is 12.4. The van der Waals surface area contributed by atoms with Crippen LogP contribution in [0.25, 0.3) is 0 Å². The van der Waals surface area contributed by atoms with E-state index >= 15 is 0 Å². The SMILES string of the molecule is CC(C)(C)c1ccccc1NC(=O)NC1CCCc2occc21. The zero-order valence-corrected chi connectivity index (χ0v) is 14.0. The fraction of sp³-hybridized carbons (Fsp3) is 0.421. The van der Waals surface area contributed by atoms with Crippen molar-refractivity contribution >= 4 is 11.7 Å². The summed E-state index contributed by atoms with van der Waals surface area (Å²) in [6, 6.07) is 9.78. The van der Waals surface area contributed by atoms with Crippen molar-refractivity contribution < 1.29 is 9.21 Å². The molecular formula is C19H24N2O2. The predicted molar refractivity (Wildman–Crippen MR) is 91.7 cm³/mol. The molecule has 1 aliphatic rings. The Hall–Kier alpha value is -2.23. The molecule has 1 unspecified atom stereocenters. The summed E-state index contributed by atoms with van der Waals surface area (Å²) in [5.41, 5.74) is 3.07. The van der Waals surface area contributed by atoms with E-state index in [0.29, 0.717) is 0 Å². The summed E-state index contributed by atoms with van der Waals surface area (Å²) in [7, 11) is 0. The number of furan rings is 1. The van der Waals surface area contributed by atoms with Gasteiger partial charge in [-0.2, -0.15) is 0 Å². The first kappa shape index (κ1) is 15.7. The largest absolute Gasteiger partial charge is 0.469 e. The Morgan fingerprint density at radius 2 is 2.00 bits per heavy atom. The van der Waals surface area contributed by atoms with E-state index in [1.807, 2.05) is 24.3 Å². The standard InChI is InChI=1S/C19H24N2O2/c1-19(2,3)14-7-4-5-8-16(14)21-18(22)20-15-9-6-10-17-13(15)11-12-23-17/h4-5,7-8,11-12,15H,6,9-10H2,1-3H3,(H2,20,21,22). The van der Waals surface area contributed by atoms with Crippen LogP contribution in [0.5, 0.6) is 0 Å². The van der Waals surface area contributed by atoms with Gasteiger partial charge < -0.3 is 15.1 Å². The number of fused-ring (bicyclic) bond motifs is 1. The van der Waals surface area contributed by atoms with Gasteiger partial charge in [-0.1, -0.05) is 39.0 Å². The maximum Gasteiger partial charge on any atom is 0.319 e. The Morgan fingerprint density at radius 1 is 1.22 bits per heavy atom. The zero-order chi connectivity index (χ0) is 16.4. The molecule has 0 saturated heterocycles. The molecule has 0 aliphatic heterocycles. The number of benzene rings is 1. The van der Waals surface area contributed by atoms with Crippen LogP contribution in [-0.2, 0) is 11.8 Å². The van der Waals surface area contributed by atoms with Crippen LogP contribution in [0.4, 0.5) is 10.5 Å². The summed E-state index contributed by atoms with van der Waals surface area (Å²) in [5, 5.41) is 6.08. The number of carbonyl (C=O) groups is 1. The average Bonchev–Trinajstić information content (AvgIpc) is 2.96. The van der Waals surface area contributed by atoms with Crippen LogP contribution < -0.4 is 10.6 Å². The second-order valence-electron chi connectivity index (χ2n) is 7.14. The lowest BCUT2D eigenvalue weighted by Gasteiger charge is -2.25. The van der Waals surface area contributed by atoms with E-state index in [1.54, 1.807) is 6.26 Å². The minimum absolute atomic E-state index is 0.0214. The van der Waals surface area contributed by atoms with Crippen molar-refractivity contribution in [1.29, 1.82) is 0 Å². The second kappa shape index (κ2) is 6.11. The molecule has 4 nitrogen and oxygen atoms in total. The summed E-state index contributed by atoms with van der Waals surface area (Å²) < 4.78 is 5.48. The molecule has 122 valence electrons. The summed E-state index contributed by atoms with van der Waals surface area (Å²) in [5.74, 6) is 0.997. The molecule has 0 spiro atoms. The Labute approximate surface area is 137 Å².